The van der Waals surface area contributed by atoms with Crippen molar-refractivity contribution in [1.82, 2.24) is 15.4 Å². The SMILES string of the molecule is O=C(NCCCCOc1cc2sc(S(=O)(=O)NC[PH](=O)O)cc2cc1OCCCNC(=O)c1ccc(O)c(O)c1)c1ccc(O)c(O)c1. The van der Waals surface area contributed by atoms with E-state index in [9.17, 15) is 43.0 Å². The molecular formula is C30H34N3O12PS2. The van der Waals surface area contributed by atoms with Gasteiger partial charge in [0.1, 0.15) is 4.21 Å². The summed E-state index contributed by atoms with van der Waals surface area (Å²) >= 11 is 0.944. The van der Waals surface area contributed by atoms with Crippen LogP contribution < -0.4 is 24.8 Å². The molecule has 2 amide bonds. The molecular weight excluding hydrogens is 689 g/mol. The van der Waals surface area contributed by atoms with Gasteiger partial charge in [0.05, 0.1) is 19.5 Å². The number of benzene rings is 3. The van der Waals surface area contributed by atoms with Gasteiger partial charge in [-0.3, -0.25) is 14.2 Å². The number of hydrogen-bond donors (Lipinski definition) is 8. The summed E-state index contributed by atoms with van der Waals surface area (Å²) < 4.78 is 50.9. The quantitative estimate of drug-likeness (QED) is 0.0445. The van der Waals surface area contributed by atoms with E-state index in [0.717, 1.165) is 23.5 Å². The second kappa shape index (κ2) is 16.5. The molecule has 0 aliphatic heterocycles. The van der Waals surface area contributed by atoms with Gasteiger partial charge >= 0.3 is 0 Å². The van der Waals surface area contributed by atoms with Crippen LogP contribution >= 0.6 is 19.4 Å². The number of thiophene rings is 1. The third-order valence-electron chi connectivity index (χ3n) is 6.69. The van der Waals surface area contributed by atoms with Gasteiger partial charge < -0.3 is 45.4 Å². The molecule has 1 atom stereocenters. The summed E-state index contributed by atoms with van der Waals surface area (Å²) in [6.07, 6.45) is 0.839. The Morgan fingerprint density at radius 2 is 1.27 bits per heavy atom. The average Bonchev–Trinajstić information content (AvgIpc) is 3.48. The summed E-state index contributed by atoms with van der Waals surface area (Å²) in [6.45, 7) is 0.884. The van der Waals surface area contributed by atoms with Crippen LogP contribution in [0.4, 0.5) is 0 Å². The highest BCUT2D eigenvalue weighted by atomic mass is 32.2. The molecule has 18 heteroatoms. The molecule has 0 aliphatic carbocycles. The number of aromatic hydroxyl groups is 4. The molecule has 0 saturated heterocycles. The number of phenols is 4. The van der Waals surface area contributed by atoms with Crippen molar-refractivity contribution >= 4 is 51.3 Å². The van der Waals surface area contributed by atoms with Gasteiger partial charge in [0.2, 0.25) is 8.03 Å². The molecule has 8 N–H and O–H groups in total. The van der Waals surface area contributed by atoms with Gasteiger partial charge in [0, 0.05) is 35.0 Å². The number of amides is 2. The zero-order valence-electron chi connectivity index (χ0n) is 25.3. The minimum absolute atomic E-state index is 0.0653. The minimum atomic E-state index is -4.04. The van der Waals surface area contributed by atoms with Crippen LogP contribution in [0, 0.1) is 0 Å². The highest BCUT2D eigenvalue weighted by Crippen LogP contribution is 2.38. The van der Waals surface area contributed by atoms with E-state index in [1.165, 1.54) is 30.3 Å². The first-order valence-corrected chi connectivity index (χ1v) is 18.4. The molecule has 0 radical (unpaired) electrons. The maximum atomic E-state index is 12.6. The number of phenolic OH excluding ortho intramolecular Hbond substituents is 4. The van der Waals surface area contributed by atoms with E-state index in [2.05, 4.69) is 15.4 Å². The summed E-state index contributed by atoms with van der Waals surface area (Å²) in [5, 5.41) is 44.0. The Bertz CT molecular complexity index is 1920. The van der Waals surface area contributed by atoms with Crippen molar-refractivity contribution in [2.24, 2.45) is 0 Å². The number of carbonyl (C=O) groups is 2. The van der Waals surface area contributed by atoms with E-state index >= 15 is 0 Å². The maximum absolute atomic E-state index is 12.6. The van der Waals surface area contributed by atoms with Crippen LogP contribution in [-0.4, -0.2) is 78.1 Å². The fourth-order valence-corrected chi connectivity index (χ4v) is 7.58. The predicted octanol–water partition coefficient (Wildman–Crippen LogP) is 3.21. The predicted molar refractivity (Wildman–Crippen MR) is 177 cm³/mol. The van der Waals surface area contributed by atoms with Crippen molar-refractivity contribution in [3.8, 4) is 34.5 Å². The normalized spacial score (nSPS) is 12.0. The number of sulfonamides is 1. The summed E-state index contributed by atoms with van der Waals surface area (Å²) in [4.78, 5) is 33.7. The lowest BCUT2D eigenvalue weighted by Crippen LogP contribution is -2.25. The Kier molecular flexibility index (Phi) is 12.5. The molecule has 3 aromatic carbocycles. The molecule has 1 unspecified atom stereocenters. The number of hydrogen-bond acceptors (Lipinski definition) is 12. The van der Waals surface area contributed by atoms with E-state index in [0.29, 0.717) is 47.4 Å². The van der Waals surface area contributed by atoms with Crippen LogP contribution in [0.3, 0.4) is 0 Å². The summed E-state index contributed by atoms with van der Waals surface area (Å²) in [7, 11) is -7.10. The third-order valence-corrected chi connectivity index (χ3v) is 10.4. The molecule has 4 aromatic rings. The zero-order chi connectivity index (χ0) is 34.8. The third kappa shape index (κ3) is 9.98. The van der Waals surface area contributed by atoms with Crippen LogP contribution in [0.5, 0.6) is 34.5 Å². The van der Waals surface area contributed by atoms with Gasteiger partial charge in [-0.05, 0) is 73.2 Å². The van der Waals surface area contributed by atoms with Gasteiger partial charge in [-0.2, -0.15) is 0 Å². The molecule has 1 heterocycles. The number of nitrogens with one attached hydrogen (secondary N) is 3. The van der Waals surface area contributed by atoms with Gasteiger partial charge in [-0.15, -0.1) is 11.3 Å². The molecule has 1 aromatic heterocycles. The molecule has 258 valence electrons. The lowest BCUT2D eigenvalue weighted by molar-refractivity contribution is 0.0943. The smallest absolute Gasteiger partial charge is 0.251 e. The number of ether oxygens (including phenoxy) is 2. The Morgan fingerprint density at radius 3 is 1.83 bits per heavy atom. The van der Waals surface area contributed by atoms with Crippen molar-refractivity contribution in [3.05, 3.63) is 65.7 Å². The first-order valence-electron chi connectivity index (χ1n) is 14.5. The first kappa shape index (κ1) is 36.3. The molecule has 48 heavy (non-hydrogen) atoms. The van der Waals surface area contributed by atoms with E-state index in [1.54, 1.807) is 12.1 Å². The number of unbranched alkanes of at least 4 members (excludes halogenated alkanes) is 1. The van der Waals surface area contributed by atoms with Gasteiger partial charge in [-0.1, -0.05) is 0 Å². The standard InChI is InChI=1S/C30H34N3O12PS2/c34-21-6-4-18(12-23(21)36)29(38)31-8-1-2-10-44-26-16-27-20(15-28(47-27)48(42,43)33-17-46(40)41)14-25(26)45-11-3-9-32-30(39)19-5-7-22(35)24(37)13-19/h4-7,12-16,33-37,46H,1-3,8-11,17H2,(H,31,38)(H,32,39)(H,40,41). The molecule has 4 rings (SSSR count). The van der Waals surface area contributed by atoms with Gasteiger partial charge in [-0.25, -0.2) is 13.1 Å². The van der Waals surface area contributed by atoms with E-state index in [4.69, 9.17) is 14.4 Å². The maximum Gasteiger partial charge on any atom is 0.251 e. The van der Waals surface area contributed by atoms with Crippen LogP contribution in [-0.2, 0) is 14.6 Å². The van der Waals surface area contributed by atoms with Crippen LogP contribution in [0.15, 0.2) is 58.8 Å². The van der Waals surface area contributed by atoms with Crippen LogP contribution in [0.2, 0.25) is 0 Å². The molecule has 0 fully saturated rings. The number of carbonyl (C=O) groups excluding carboxylic acids is 2. The Morgan fingerprint density at radius 1 is 0.729 bits per heavy atom. The van der Waals surface area contributed by atoms with Crippen molar-refractivity contribution < 1.29 is 57.4 Å². The zero-order valence-corrected chi connectivity index (χ0v) is 27.9. The van der Waals surface area contributed by atoms with Gasteiger partial charge in [0.15, 0.2) is 34.5 Å². The van der Waals surface area contributed by atoms with Crippen molar-refractivity contribution in [3.63, 3.8) is 0 Å². The molecule has 0 bridgehead atoms. The van der Waals surface area contributed by atoms with Crippen LogP contribution in [0.1, 0.15) is 40.0 Å². The number of rotatable bonds is 17. The molecule has 0 spiro atoms. The van der Waals surface area contributed by atoms with E-state index in [-0.39, 0.29) is 46.6 Å². The lowest BCUT2D eigenvalue weighted by atomic mass is 10.2. The Labute approximate surface area is 279 Å². The van der Waals surface area contributed by atoms with Gasteiger partial charge in [0.25, 0.3) is 21.8 Å². The average molecular weight is 724 g/mol. The monoisotopic (exact) mass is 723 g/mol. The highest BCUT2D eigenvalue weighted by molar-refractivity contribution is 7.92. The van der Waals surface area contributed by atoms with E-state index in [1.807, 2.05) is 0 Å². The molecule has 0 aliphatic rings. The summed E-state index contributed by atoms with van der Waals surface area (Å²) in [5.74, 6) is -1.74. The Balaban J connectivity index is 1.36. The second-order valence-electron chi connectivity index (χ2n) is 10.3. The minimum Gasteiger partial charge on any atom is -0.504 e. The topological polar surface area (TPSA) is 241 Å². The largest absolute Gasteiger partial charge is 0.504 e. The fourth-order valence-electron chi connectivity index (χ4n) is 4.21. The van der Waals surface area contributed by atoms with Crippen molar-refractivity contribution in [2.75, 3.05) is 32.6 Å². The second-order valence-corrected chi connectivity index (χ2v) is 14.5. The number of fused-ring (bicyclic) bond motifs is 1. The summed E-state index contributed by atoms with van der Waals surface area (Å²) in [6, 6.07) is 12.1. The first-order chi connectivity index (χ1) is 22.8. The lowest BCUT2D eigenvalue weighted by Gasteiger charge is -2.14. The van der Waals surface area contributed by atoms with Crippen molar-refractivity contribution in [2.45, 2.75) is 23.5 Å². The molecule has 0 saturated carbocycles. The Hall–Kier alpha value is -4.54. The van der Waals surface area contributed by atoms with Crippen LogP contribution in [0.25, 0.3) is 10.1 Å². The van der Waals surface area contributed by atoms with E-state index < -0.39 is 47.7 Å². The molecule has 15 nitrogen and oxygen atoms in total. The fraction of sp³-hybridized carbons (Fsp3) is 0.267. The van der Waals surface area contributed by atoms with Crippen molar-refractivity contribution in [1.29, 1.82) is 0 Å². The highest BCUT2D eigenvalue weighted by Gasteiger charge is 2.20. The summed E-state index contributed by atoms with van der Waals surface area (Å²) in [5.41, 5.74) is 0.352.